The number of carbonyl (C=O) groups is 1. The van der Waals surface area contributed by atoms with Gasteiger partial charge in [-0.1, -0.05) is 0 Å². The van der Waals surface area contributed by atoms with E-state index >= 15 is 0 Å². The van der Waals surface area contributed by atoms with Crippen LogP contribution in [0.5, 0.6) is 5.75 Å². The van der Waals surface area contributed by atoms with E-state index in [2.05, 4.69) is 9.97 Å². The smallest absolute Gasteiger partial charge is 0.433 e. The summed E-state index contributed by atoms with van der Waals surface area (Å²) in [4.78, 5) is 20.6. The van der Waals surface area contributed by atoms with Crippen LogP contribution in [-0.4, -0.2) is 40.0 Å². The van der Waals surface area contributed by atoms with Crippen LogP contribution in [-0.2, 0) is 6.18 Å². The summed E-state index contributed by atoms with van der Waals surface area (Å²) < 4.78 is 43.1. The van der Waals surface area contributed by atoms with E-state index < -0.39 is 11.9 Å². The van der Waals surface area contributed by atoms with Gasteiger partial charge in [-0.05, 0) is 6.07 Å². The van der Waals surface area contributed by atoms with Gasteiger partial charge >= 0.3 is 6.18 Å². The van der Waals surface area contributed by atoms with Crippen LogP contribution in [0.4, 0.5) is 13.2 Å². The molecular weight excluding hydrogens is 319 g/mol. The largest absolute Gasteiger partial charge is 0.487 e. The van der Waals surface area contributed by atoms with Crippen LogP contribution in [0.25, 0.3) is 0 Å². The third-order valence-electron chi connectivity index (χ3n) is 3.11. The zero-order valence-corrected chi connectivity index (χ0v) is 11.9. The SMILES string of the molecule is O=C(c1cscn1)N1CC(Oc2ccnc(C(F)(F)F)c2)C1. The van der Waals surface area contributed by atoms with Crippen molar-refractivity contribution in [3.63, 3.8) is 0 Å². The molecule has 3 rings (SSSR count). The van der Waals surface area contributed by atoms with Crippen LogP contribution in [0, 0.1) is 0 Å². The number of pyridine rings is 1. The Labute approximate surface area is 127 Å². The minimum absolute atomic E-state index is 0.0908. The van der Waals surface area contributed by atoms with Gasteiger partial charge in [0.1, 0.15) is 23.2 Å². The molecule has 1 aliphatic rings. The number of likely N-dealkylation sites (tertiary alicyclic amines) is 1. The minimum atomic E-state index is -4.51. The fourth-order valence-corrected chi connectivity index (χ4v) is 2.52. The van der Waals surface area contributed by atoms with Crippen LogP contribution < -0.4 is 4.74 Å². The van der Waals surface area contributed by atoms with Gasteiger partial charge < -0.3 is 9.64 Å². The van der Waals surface area contributed by atoms with E-state index in [1.165, 1.54) is 22.3 Å². The maximum Gasteiger partial charge on any atom is 0.433 e. The van der Waals surface area contributed by atoms with Crippen molar-refractivity contribution < 1.29 is 22.7 Å². The first-order valence-corrected chi connectivity index (χ1v) is 7.25. The molecule has 0 atom stereocenters. The number of carbonyl (C=O) groups excluding carboxylic acids is 1. The molecular formula is C13H10F3N3O2S. The molecule has 2 aromatic rings. The summed E-state index contributed by atoms with van der Waals surface area (Å²) in [6.07, 6.45) is -3.79. The van der Waals surface area contributed by atoms with E-state index in [4.69, 9.17) is 4.74 Å². The van der Waals surface area contributed by atoms with Crippen molar-refractivity contribution in [3.8, 4) is 5.75 Å². The Morgan fingerprint density at radius 3 is 2.77 bits per heavy atom. The molecule has 0 unspecified atom stereocenters. The second kappa shape index (κ2) is 5.56. The molecule has 0 N–H and O–H groups in total. The highest BCUT2D eigenvalue weighted by molar-refractivity contribution is 7.07. The van der Waals surface area contributed by atoms with Gasteiger partial charge in [0, 0.05) is 17.6 Å². The lowest BCUT2D eigenvalue weighted by Crippen LogP contribution is -2.56. The molecule has 1 aliphatic heterocycles. The molecule has 3 heterocycles. The molecule has 0 aromatic carbocycles. The molecule has 0 saturated carbocycles. The first kappa shape index (κ1) is 14.8. The zero-order chi connectivity index (χ0) is 15.7. The van der Waals surface area contributed by atoms with Gasteiger partial charge in [0.05, 0.1) is 18.6 Å². The number of hydrogen-bond acceptors (Lipinski definition) is 5. The number of alkyl halides is 3. The molecule has 116 valence electrons. The summed E-state index contributed by atoms with van der Waals surface area (Å²) in [6, 6.07) is 2.21. The van der Waals surface area contributed by atoms with Crippen molar-refractivity contribution in [2.75, 3.05) is 13.1 Å². The summed E-state index contributed by atoms with van der Waals surface area (Å²) in [7, 11) is 0. The monoisotopic (exact) mass is 329 g/mol. The van der Waals surface area contributed by atoms with E-state index in [1.807, 2.05) is 0 Å². The van der Waals surface area contributed by atoms with E-state index in [1.54, 1.807) is 10.9 Å². The summed E-state index contributed by atoms with van der Waals surface area (Å²) >= 11 is 1.32. The maximum absolute atomic E-state index is 12.5. The van der Waals surface area contributed by atoms with Crippen LogP contribution >= 0.6 is 11.3 Å². The first-order chi connectivity index (χ1) is 10.4. The molecule has 22 heavy (non-hydrogen) atoms. The molecule has 1 fully saturated rings. The number of aromatic nitrogens is 2. The standard InChI is InChI=1S/C13H10F3N3O2S/c14-13(15,16)11-3-8(1-2-17-11)21-9-4-19(5-9)12(20)10-6-22-7-18-10/h1-3,6-7,9H,4-5H2. The van der Waals surface area contributed by atoms with Crippen molar-refractivity contribution in [1.82, 2.24) is 14.9 Å². The number of rotatable bonds is 3. The molecule has 9 heteroatoms. The van der Waals surface area contributed by atoms with E-state index in [9.17, 15) is 18.0 Å². The van der Waals surface area contributed by atoms with Gasteiger partial charge in [-0.3, -0.25) is 9.78 Å². The number of amides is 1. The number of halogens is 3. The van der Waals surface area contributed by atoms with Crippen molar-refractivity contribution in [2.45, 2.75) is 12.3 Å². The van der Waals surface area contributed by atoms with Gasteiger partial charge in [-0.2, -0.15) is 13.2 Å². The number of hydrogen-bond donors (Lipinski definition) is 0. The Morgan fingerprint density at radius 1 is 1.36 bits per heavy atom. The molecule has 2 aromatic heterocycles. The van der Waals surface area contributed by atoms with Crippen molar-refractivity contribution >= 4 is 17.2 Å². The Balaban J connectivity index is 1.57. The number of nitrogens with zero attached hydrogens (tertiary/aromatic N) is 3. The molecule has 0 aliphatic carbocycles. The number of thiazole rings is 1. The average molecular weight is 329 g/mol. The molecule has 0 bridgehead atoms. The number of ether oxygens (including phenoxy) is 1. The van der Waals surface area contributed by atoms with Crippen LogP contribution in [0.1, 0.15) is 16.2 Å². The second-order valence-corrected chi connectivity index (χ2v) is 5.42. The average Bonchev–Trinajstić information content (AvgIpc) is 2.95. The van der Waals surface area contributed by atoms with Crippen LogP contribution in [0.15, 0.2) is 29.2 Å². The second-order valence-electron chi connectivity index (χ2n) is 4.70. The summed E-state index contributed by atoms with van der Waals surface area (Å²) in [5, 5.41) is 1.65. The van der Waals surface area contributed by atoms with E-state index in [-0.39, 0.29) is 17.8 Å². The van der Waals surface area contributed by atoms with E-state index in [0.29, 0.717) is 18.8 Å². The lowest BCUT2D eigenvalue weighted by Gasteiger charge is -2.38. The van der Waals surface area contributed by atoms with Gasteiger partial charge in [-0.25, -0.2) is 4.98 Å². The lowest BCUT2D eigenvalue weighted by molar-refractivity contribution is -0.141. The molecule has 0 radical (unpaired) electrons. The highest BCUT2D eigenvalue weighted by Crippen LogP contribution is 2.30. The van der Waals surface area contributed by atoms with Gasteiger partial charge in [-0.15, -0.1) is 11.3 Å². The predicted octanol–water partition coefficient (Wildman–Crippen LogP) is 2.46. The van der Waals surface area contributed by atoms with Gasteiger partial charge in [0.2, 0.25) is 0 Å². The topological polar surface area (TPSA) is 55.3 Å². The predicted molar refractivity (Wildman–Crippen MR) is 71.7 cm³/mol. The van der Waals surface area contributed by atoms with Crippen molar-refractivity contribution in [2.24, 2.45) is 0 Å². The first-order valence-electron chi connectivity index (χ1n) is 6.31. The summed E-state index contributed by atoms with van der Waals surface area (Å²) in [5.74, 6) is -0.111. The normalized spacial score (nSPS) is 15.5. The Bertz CT molecular complexity index is 669. The van der Waals surface area contributed by atoms with Crippen molar-refractivity contribution in [1.29, 1.82) is 0 Å². The molecule has 0 spiro atoms. The lowest BCUT2D eigenvalue weighted by atomic mass is 10.1. The third-order valence-corrected chi connectivity index (χ3v) is 3.70. The fraction of sp³-hybridized carbons (Fsp3) is 0.308. The van der Waals surface area contributed by atoms with Crippen LogP contribution in [0.3, 0.4) is 0 Å². The Hall–Kier alpha value is -2.16. The Kier molecular flexibility index (Phi) is 3.73. The fourth-order valence-electron chi connectivity index (χ4n) is 1.99. The van der Waals surface area contributed by atoms with Gasteiger partial charge in [0.15, 0.2) is 0 Å². The third kappa shape index (κ3) is 3.03. The van der Waals surface area contributed by atoms with E-state index in [0.717, 1.165) is 12.3 Å². The molecule has 5 nitrogen and oxygen atoms in total. The van der Waals surface area contributed by atoms with Crippen LogP contribution in [0.2, 0.25) is 0 Å². The maximum atomic E-state index is 12.5. The van der Waals surface area contributed by atoms with Gasteiger partial charge in [0.25, 0.3) is 5.91 Å². The minimum Gasteiger partial charge on any atom is -0.487 e. The molecule has 1 amide bonds. The van der Waals surface area contributed by atoms with Crippen molar-refractivity contribution in [3.05, 3.63) is 40.6 Å². The zero-order valence-electron chi connectivity index (χ0n) is 11.1. The highest BCUT2D eigenvalue weighted by Gasteiger charge is 2.35. The Morgan fingerprint density at radius 2 is 2.14 bits per heavy atom. The highest BCUT2D eigenvalue weighted by atomic mass is 32.1. The summed E-state index contributed by atoms with van der Waals surface area (Å²) in [5.41, 5.74) is 0.933. The quantitative estimate of drug-likeness (QED) is 0.868. The summed E-state index contributed by atoms with van der Waals surface area (Å²) in [6.45, 7) is 0.639. The molecule has 1 saturated heterocycles.